The highest BCUT2D eigenvalue weighted by molar-refractivity contribution is 5.84. The first kappa shape index (κ1) is 8.21. The number of hydrogen-bond donors (Lipinski definition) is 1. The summed E-state index contributed by atoms with van der Waals surface area (Å²) in [6.45, 7) is 4.11. The number of hydrogen-bond acceptors (Lipinski definition) is 2. The van der Waals surface area contributed by atoms with E-state index in [1.54, 1.807) is 6.08 Å². The van der Waals surface area contributed by atoms with Crippen molar-refractivity contribution in [2.75, 3.05) is 7.11 Å². The van der Waals surface area contributed by atoms with E-state index in [-0.39, 0.29) is 5.90 Å². The molecule has 0 spiro atoms. The fourth-order valence-electron chi connectivity index (χ4n) is 0.348. The molecule has 0 aromatic rings. The van der Waals surface area contributed by atoms with Gasteiger partial charge in [0, 0.05) is 0 Å². The van der Waals surface area contributed by atoms with E-state index in [0.29, 0.717) is 5.92 Å². The fraction of sp³-hybridized carbons (Fsp3) is 0.571. The summed E-state index contributed by atoms with van der Waals surface area (Å²) >= 11 is 0. The summed E-state index contributed by atoms with van der Waals surface area (Å²) in [5.41, 5.74) is 0. The topological polar surface area (TPSA) is 33.1 Å². The SMILES string of the molecule is COC(=N)/C=C\C(C)C. The van der Waals surface area contributed by atoms with E-state index in [0.717, 1.165) is 0 Å². The summed E-state index contributed by atoms with van der Waals surface area (Å²) in [5.74, 6) is 0.698. The van der Waals surface area contributed by atoms with Crippen LogP contribution in [0, 0.1) is 11.3 Å². The fourth-order valence-corrected chi connectivity index (χ4v) is 0.348. The molecule has 9 heavy (non-hydrogen) atoms. The van der Waals surface area contributed by atoms with E-state index in [2.05, 4.69) is 18.6 Å². The van der Waals surface area contributed by atoms with E-state index in [1.807, 2.05) is 6.08 Å². The number of rotatable bonds is 2. The van der Waals surface area contributed by atoms with Crippen molar-refractivity contribution in [2.24, 2.45) is 5.92 Å². The van der Waals surface area contributed by atoms with Gasteiger partial charge in [-0.2, -0.15) is 0 Å². The molecule has 0 aromatic carbocycles. The molecule has 0 bridgehead atoms. The van der Waals surface area contributed by atoms with Crippen molar-refractivity contribution < 1.29 is 4.74 Å². The first-order valence-electron chi connectivity index (χ1n) is 2.97. The molecule has 0 rings (SSSR count). The first-order valence-corrected chi connectivity index (χ1v) is 2.97. The largest absolute Gasteiger partial charge is 0.481 e. The van der Waals surface area contributed by atoms with E-state index in [1.165, 1.54) is 7.11 Å². The van der Waals surface area contributed by atoms with Gasteiger partial charge in [-0.25, -0.2) is 0 Å². The van der Waals surface area contributed by atoms with E-state index in [9.17, 15) is 0 Å². The smallest absolute Gasteiger partial charge is 0.205 e. The highest BCUT2D eigenvalue weighted by atomic mass is 16.5. The molecule has 0 aliphatic rings. The van der Waals surface area contributed by atoms with Gasteiger partial charge in [-0.05, 0) is 12.0 Å². The van der Waals surface area contributed by atoms with Gasteiger partial charge in [0.2, 0.25) is 5.90 Å². The molecule has 0 aliphatic carbocycles. The Balaban J connectivity index is 3.57. The van der Waals surface area contributed by atoms with Gasteiger partial charge in [-0.1, -0.05) is 19.9 Å². The zero-order valence-electron chi connectivity index (χ0n) is 6.14. The van der Waals surface area contributed by atoms with E-state index >= 15 is 0 Å². The Morgan fingerprint density at radius 3 is 2.44 bits per heavy atom. The number of nitrogens with one attached hydrogen (secondary N) is 1. The maximum absolute atomic E-state index is 7.02. The molecule has 0 aliphatic heterocycles. The summed E-state index contributed by atoms with van der Waals surface area (Å²) < 4.78 is 4.60. The maximum atomic E-state index is 7.02. The molecule has 0 amide bonds. The Bertz CT molecular complexity index is 116. The first-order chi connectivity index (χ1) is 4.16. The van der Waals surface area contributed by atoms with Crippen molar-refractivity contribution in [3.8, 4) is 0 Å². The van der Waals surface area contributed by atoms with Crippen molar-refractivity contribution in [3.05, 3.63) is 12.2 Å². The Morgan fingerprint density at radius 1 is 1.56 bits per heavy atom. The van der Waals surface area contributed by atoms with Crippen LogP contribution in [0.5, 0.6) is 0 Å². The molecule has 52 valence electrons. The van der Waals surface area contributed by atoms with Gasteiger partial charge in [-0.15, -0.1) is 0 Å². The van der Waals surface area contributed by atoms with Gasteiger partial charge in [0.15, 0.2) is 0 Å². The second-order valence-electron chi connectivity index (χ2n) is 2.17. The minimum atomic E-state index is 0.212. The monoisotopic (exact) mass is 127 g/mol. The lowest BCUT2D eigenvalue weighted by atomic mass is 10.2. The number of methoxy groups -OCH3 is 1. The normalized spacial score (nSPS) is 10.7. The van der Waals surface area contributed by atoms with Crippen LogP contribution in [0.2, 0.25) is 0 Å². The standard InChI is InChI=1S/C7H13NO/c1-6(2)4-5-7(8)9-3/h4-6,8H,1-3H3/b5-4-,8-7?. The third-order valence-corrected chi connectivity index (χ3v) is 0.852. The minimum absolute atomic E-state index is 0.212. The van der Waals surface area contributed by atoms with Crippen molar-refractivity contribution in [2.45, 2.75) is 13.8 Å². The van der Waals surface area contributed by atoms with E-state index < -0.39 is 0 Å². The molecule has 1 N–H and O–H groups in total. The van der Waals surface area contributed by atoms with Gasteiger partial charge in [0.25, 0.3) is 0 Å². The van der Waals surface area contributed by atoms with Gasteiger partial charge in [0.1, 0.15) is 0 Å². The molecule has 2 nitrogen and oxygen atoms in total. The van der Waals surface area contributed by atoms with Crippen LogP contribution in [0.4, 0.5) is 0 Å². The van der Waals surface area contributed by atoms with Crippen LogP contribution < -0.4 is 0 Å². The zero-order valence-corrected chi connectivity index (χ0v) is 6.14. The van der Waals surface area contributed by atoms with Gasteiger partial charge >= 0.3 is 0 Å². The van der Waals surface area contributed by atoms with Crippen LogP contribution in [0.3, 0.4) is 0 Å². The van der Waals surface area contributed by atoms with Crippen LogP contribution in [-0.2, 0) is 4.74 Å². The summed E-state index contributed by atoms with van der Waals surface area (Å²) in [5, 5.41) is 7.02. The highest BCUT2D eigenvalue weighted by Gasteiger charge is 1.86. The van der Waals surface area contributed by atoms with Crippen LogP contribution >= 0.6 is 0 Å². The molecule has 0 saturated heterocycles. The van der Waals surface area contributed by atoms with Gasteiger partial charge in [-0.3, -0.25) is 5.41 Å². The average molecular weight is 127 g/mol. The van der Waals surface area contributed by atoms with Crippen molar-refractivity contribution in [1.82, 2.24) is 0 Å². The summed E-state index contributed by atoms with van der Waals surface area (Å²) in [4.78, 5) is 0. The van der Waals surface area contributed by atoms with E-state index in [4.69, 9.17) is 5.41 Å². The lowest BCUT2D eigenvalue weighted by molar-refractivity contribution is 0.403. The quantitative estimate of drug-likeness (QED) is 0.445. The lowest BCUT2D eigenvalue weighted by Crippen LogP contribution is -1.93. The Hall–Kier alpha value is -0.790. The predicted octanol–water partition coefficient (Wildman–Crippen LogP) is 1.82. The molecule has 0 unspecified atom stereocenters. The Kier molecular flexibility index (Phi) is 3.76. The molecular weight excluding hydrogens is 114 g/mol. The molecule has 0 radical (unpaired) electrons. The second kappa shape index (κ2) is 4.13. The molecule has 2 heteroatoms. The molecule has 0 heterocycles. The third kappa shape index (κ3) is 5.07. The molecule has 0 atom stereocenters. The van der Waals surface area contributed by atoms with Crippen LogP contribution in [0.1, 0.15) is 13.8 Å². The molecule has 0 saturated carbocycles. The summed E-state index contributed by atoms with van der Waals surface area (Å²) in [6, 6.07) is 0. The van der Waals surface area contributed by atoms with Crippen LogP contribution in [-0.4, -0.2) is 13.0 Å². The summed E-state index contributed by atoms with van der Waals surface area (Å²) in [7, 11) is 1.49. The Labute approximate surface area is 56.0 Å². The predicted molar refractivity (Wildman–Crippen MR) is 38.7 cm³/mol. The van der Waals surface area contributed by atoms with Crippen LogP contribution in [0.15, 0.2) is 12.2 Å². The van der Waals surface area contributed by atoms with Crippen LogP contribution in [0.25, 0.3) is 0 Å². The molecule has 0 aromatic heterocycles. The summed E-state index contributed by atoms with van der Waals surface area (Å²) in [6.07, 6.45) is 3.58. The second-order valence-corrected chi connectivity index (χ2v) is 2.17. The third-order valence-electron chi connectivity index (χ3n) is 0.852. The number of ether oxygens (including phenoxy) is 1. The maximum Gasteiger partial charge on any atom is 0.205 e. The zero-order chi connectivity index (χ0) is 7.28. The van der Waals surface area contributed by atoms with Gasteiger partial charge < -0.3 is 4.74 Å². The average Bonchev–Trinajstić information content (AvgIpc) is 1.83. The van der Waals surface area contributed by atoms with Crippen molar-refractivity contribution in [3.63, 3.8) is 0 Å². The Morgan fingerprint density at radius 2 is 2.11 bits per heavy atom. The number of allylic oxidation sites excluding steroid dienone is 1. The van der Waals surface area contributed by atoms with Crippen molar-refractivity contribution >= 4 is 5.90 Å². The highest BCUT2D eigenvalue weighted by Crippen LogP contribution is 1.93. The molecule has 0 fully saturated rings. The minimum Gasteiger partial charge on any atom is -0.481 e. The molecular formula is C7H13NO. The van der Waals surface area contributed by atoms with Crippen molar-refractivity contribution in [1.29, 1.82) is 5.41 Å². The lowest BCUT2D eigenvalue weighted by Gasteiger charge is -1.94. The van der Waals surface area contributed by atoms with Gasteiger partial charge in [0.05, 0.1) is 7.11 Å².